The van der Waals surface area contributed by atoms with Crippen LogP contribution >= 0.6 is 23.1 Å². The van der Waals surface area contributed by atoms with Crippen LogP contribution in [0.15, 0.2) is 51.3 Å². The van der Waals surface area contributed by atoms with Gasteiger partial charge < -0.3 is 9.09 Å². The number of hydrogen-bond donors (Lipinski definition) is 0. The van der Waals surface area contributed by atoms with Gasteiger partial charge in [-0.05, 0) is 31.4 Å². The molecule has 2 aromatic heterocycles. The molecule has 0 atom stereocenters. The Hall–Kier alpha value is -2.12. The fourth-order valence-electron chi connectivity index (χ4n) is 2.18. The van der Waals surface area contributed by atoms with E-state index in [9.17, 15) is 4.79 Å². The number of amides is 1. The van der Waals surface area contributed by atoms with Crippen molar-refractivity contribution in [3.05, 3.63) is 53.2 Å². The largest absolute Gasteiger partial charge is 0.361 e. The first kappa shape index (κ1) is 15.8. The fourth-order valence-corrected chi connectivity index (χ4v) is 3.77. The van der Waals surface area contributed by atoms with Crippen LogP contribution in [0.3, 0.4) is 0 Å². The van der Waals surface area contributed by atoms with Gasteiger partial charge in [0.2, 0.25) is 0 Å². The number of benzene rings is 1. The molecule has 0 spiro atoms. The Kier molecular flexibility index (Phi) is 4.49. The maximum atomic E-state index is 12.3. The smallest absolute Gasteiger partial charge is 0.301 e. The van der Waals surface area contributed by atoms with Gasteiger partial charge in [0, 0.05) is 17.5 Å². The van der Waals surface area contributed by atoms with E-state index in [0.717, 1.165) is 10.2 Å². The zero-order valence-electron chi connectivity index (χ0n) is 12.8. The van der Waals surface area contributed by atoms with Gasteiger partial charge in [0.05, 0.1) is 10.2 Å². The van der Waals surface area contributed by atoms with E-state index in [1.54, 1.807) is 30.8 Å². The van der Waals surface area contributed by atoms with Crippen molar-refractivity contribution in [3.8, 4) is 0 Å². The summed E-state index contributed by atoms with van der Waals surface area (Å²) in [6.45, 7) is 6.11. The SMILES string of the molecule is C=CCn1c(=NC(=O)c2cc(C)on2)sc2cc(SC)ccc21. The highest BCUT2D eigenvalue weighted by atomic mass is 32.2. The Balaban J connectivity index is 2.15. The topological polar surface area (TPSA) is 60.4 Å². The quantitative estimate of drug-likeness (QED) is 0.535. The van der Waals surface area contributed by atoms with Gasteiger partial charge in [-0.3, -0.25) is 4.79 Å². The third-order valence-corrected chi connectivity index (χ3v) is 5.01. The molecule has 1 amide bonds. The molecule has 0 radical (unpaired) electrons. The van der Waals surface area contributed by atoms with Crippen molar-refractivity contribution in [1.82, 2.24) is 9.72 Å². The lowest BCUT2D eigenvalue weighted by molar-refractivity contribution is 0.0989. The first-order valence-electron chi connectivity index (χ1n) is 6.93. The summed E-state index contributed by atoms with van der Waals surface area (Å²) >= 11 is 3.16. The summed E-state index contributed by atoms with van der Waals surface area (Å²) in [5.41, 5.74) is 1.26. The first-order valence-corrected chi connectivity index (χ1v) is 8.97. The number of carbonyl (C=O) groups excluding carboxylic acids is 1. The number of aryl methyl sites for hydroxylation is 1. The Bertz CT molecular complexity index is 950. The summed E-state index contributed by atoms with van der Waals surface area (Å²) in [6, 6.07) is 7.80. The van der Waals surface area contributed by atoms with Crippen LogP contribution in [0.1, 0.15) is 16.2 Å². The lowest BCUT2D eigenvalue weighted by Crippen LogP contribution is -2.16. The molecule has 0 aliphatic heterocycles. The predicted molar refractivity (Wildman–Crippen MR) is 92.9 cm³/mol. The molecule has 7 heteroatoms. The van der Waals surface area contributed by atoms with Crippen molar-refractivity contribution in [1.29, 1.82) is 0 Å². The minimum Gasteiger partial charge on any atom is -0.361 e. The number of aromatic nitrogens is 2. The molecule has 0 saturated carbocycles. The van der Waals surface area contributed by atoms with Gasteiger partial charge in [0.15, 0.2) is 10.5 Å². The van der Waals surface area contributed by atoms with E-state index in [-0.39, 0.29) is 5.69 Å². The minimum absolute atomic E-state index is 0.218. The normalized spacial score (nSPS) is 12.0. The van der Waals surface area contributed by atoms with Crippen LogP contribution in [0, 0.1) is 6.92 Å². The van der Waals surface area contributed by atoms with Crippen molar-refractivity contribution >= 4 is 39.2 Å². The van der Waals surface area contributed by atoms with Crippen molar-refractivity contribution in [3.63, 3.8) is 0 Å². The minimum atomic E-state index is -0.406. The zero-order valence-corrected chi connectivity index (χ0v) is 14.4. The zero-order chi connectivity index (χ0) is 16.4. The molecule has 0 aliphatic rings. The fraction of sp³-hybridized carbons (Fsp3) is 0.188. The Morgan fingerprint density at radius 2 is 2.35 bits per heavy atom. The molecule has 3 aromatic rings. The summed E-state index contributed by atoms with van der Waals surface area (Å²) in [6.07, 6.45) is 3.83. The number of fused-ring (bicyclic) bond motifs is 1. The first-order chi connectivity index (χ1) is 11.1. The predicted octanol–water partition coefficient (Wildman–Crippen LogP) is 3.65. The average molecular weight is 345 g/mol. The summed E-state index contributed by atoms with van der Waals surface area (Å²) in [5.74, 6) is 0.180. The molecule has 0 fully saturated rings. The maximum absolute atomic E-state index is 12.3. The molecule has 118 valence electrons. The molecule has 0 bridgehead atoms. The highest BCUT2D eigenvalue weighted by Gasteiger charge is 2.12. The van der Waals surface area contributed by atoms with E-state index in [2.05, 4.69) is 28.9 Å². The van der Waals surface area contributed by atoms with Gasteiger partial charge in [-0.1, -0.05) is 22.6 Å². The standard InChI is InChI=1S/C16H15N3O2S2/c1-4-7-19-13-6-5-11(22-3)9-14(13)23-16(19)17-15(20)12-8-10(2)21-18-12/h4-6,8-9H,1,7H2,2-3H3. The highest BCUT2D eigenvalue weighted by molar-refractivity contribution is 7.98. The summed E-state index contributed by atoms with van der Waals surface area (Å²) < 4.78 is 8.00. The molecular weight excluding hydrogens is 330 g/mol. The number of hydrogen-bond acceptors (Lipinski definition) is 5. The van der Waals surface area contributed by atoms with Crippen molar-refractivity contribution in [2.45, 2.75) is 18.4 Å². The molecule has 2 heterocycles. The summed E-state index contributed by atoms with van der Waals surface area (Å²) in [5, 5.41) is 3.72. The number of carbonyl (C=O) groups is 1. The van der Waals surface area contributed by atoms with Crippen LogP contribution in [0.4, 0.5) is 0 Å². The number of rotatable bonds is 4. The van der Waals surface area contributed by atoms with Crippen LogP contribution in [0.2, 0.25) is 0 Å². The van der Waals surface area contributed by atoms with E-state index < -0.39 is 5.91 Å². The third kappa shape index (κ3) is 3.16. The average Bonchev–Trinajstić information content (AvgIpc) is 3.11. The van der Waals surface area contributed by atoms with E-state index in [1.807, 2.05) is 16.9 Å². The highest BCUT2D eigenvalue weighted by Crippen LogP contribution is 2.24. The number of thiazole rings is 1. The molecule has 0 N–H and O–H groups in total. The summed E-state index contributed by atoms with van der Waals surface area (Å²) in [7, 11) is 0. The van der Waals surface area contributed by atoms with E-state index in [0.29, 0.717) is 17.1 Å². The second kappa shape index (κ2) is 6.55. The van der Waals surface area contributed by atoms with E-state index in [4.69, 9.17) is 4.52 Å². The van der Waals surface area contributed by atoms with Crippen LogP contribution in [0.25, 0.3) is 10.2 Å². The molecule has 23 heavy (non-hydrogen) atoms. The van der Waals surface area contributed by atoms with Crippen LogP contribution in [0.5, 0.6) is 0 Å². The molecule has 0 saturated heterocycles. The van der Waals surface area contributed by atoms with Gasteiger partial charge in [-0.25, -0.2) is 0 Å². The van der Waals surface area contributed by atoms with Crippen molar-refractivity contribution in [2.24, 2.45) is 4.99 Å². The number of nitrogens with zero attached hydrogens (tertiary/aromatic N) is 3. The number of thioether (sulfide) groups is 1. The number of allylic oxidation sites excluding steroid dienone is 1. The van der Waals surface area contributed by atoms with Crippen molar-refractivity contribution < 1.29 is 9.32 Å². The lowest BCUT2D eigenvalue weighted by atomic mass is 10.3. The third-order valence-electron chi connectivity index (χ3n) is 3.25. The Morgan fingerprint density at radius 3 is 3.00 bits per heavy atom. The monoisotopic (exact) mass is 345 g/mol. The van der Waals surface area contributed by atoms with Gasteiger partial charge >= 0.3 is 5.91 Å². The maximum Gasteiger partial charge on any atom is 0.301 e. The Morgan fingerprint density at radius 1 is 1.52 bits per heavy atom. The van der Waals surface area contributed by atoms with Gasteiger partial charge in [-0.2, -0.15) is 4.99 Å². The van der Waals surface area contributed by atoms with E-state index in [1.165, 1.54) is 16.2 Å². The molecule has 3 rings (SSSR count). The molecular formula is C16H15N3O2S2. The second-order valence-corrected chi connectivity index (χ2v) is 6.75. The molecule has 0 unspecified atom stereocenters. The van der Waals surface area contributed by atoms with Crippen LogP contribution in [-0.2, 0) is 6.54 Å². The summed E-state index contributed by atoms with van der Waals surface area (Å²) in [4.78, 5) is 18.3. The van der Waals surface area contributed by atoms with Crippen molar-refractivity contribution in [2.75, 3.05) is 6.26 Å². The molecule has 5 nitrogen and oxygen atoms in total. The molecule has 0 aliphatic carbocycles. The van der Waals surface area contributed by atoms with Crippen LogP contribution < -0.4 is 4.80 Å². The van der Waals surface area contributed by atoms with Gasteiger partial charge in [0.25, 0.3) is 0 Å². The van der Waals surface area contributed by atoms with Gasteiger partial charge in [0.1, 0.15) is 5.76 Å². The second-order valence-electron chi connectivity index (χ2n) is 4.86. The lowest BCUT2D eigenvalue weighted by Gasteiger charge is -2.01. The molecule has 1 aromatic carbocycles. The van der Waals surface area contributed by atoms with E-state index >= 15 is 0 Å². The van der Waals surface area contributed by atoms with Crippen LogP contribution in [-0.4, -0.2) is 21.9 Å². The Labute approximate surface area is 141 Å². The van der Waals surface area contributed by atoms with Gasteiger partial charge in [-0.15, -0.1) is 18.3 Å².